The summed E-state index contributed by atoms with van der Waals surface area (Å²) in [5.41, 5.74) is 5.05. The van der Waals surface area contributed by atoms with Gasteiger partial charge in [0.05, 0.1) is 25.6 Å². The predicted molar refractivity (Wildman–Crippen MR) is 132 cm³/mol. The highest BCUT2D eigenvalue weighted by Crippen LogP contribution is 2.47. The monoisotopic (exact) mass is 451 g/mol. The first kappa shape index (κ1) is 21.7. The van der Waals surface area contributed by atoms with Crippen molar-refractivity contribution in [2.24, 2.45) is 0 Å². The standard InChI is InChI=1S/C29H25NO4/c1-34-29(33)30(28-25-15-6-4-13-23(25)24-14-5-7-16-26(24)28)21(18-27(31)32)17-20-11-8-10-19-9-2-3-12-22(19)20/h2-16,21,28H,17-18H2,1H3,(H,31,32). The van der Waals surface area contributed by atoms with Crippen LogP contribution in [0, 0.1) is 0 Å². The molecule has 1 atom stereocenters. The highest BCUT2D eigenvalue weighted by Gasteiger charge is 2.40. The van der Waals surface area contributed by atoms with Gasteiger partial charge in [-0.2, -0.15) is 0 Å². The van der Waals surface area contributed by atoms with Crippen molar-refractivity contribution < 1.29 is 19.4 Å². The normalized spacial score (nSPS) is 13.2. The quantitative estimate of drug-likeness (QED) is 0.387. The van der Waals surface area contributed by atoms with E-state index in [0.717, 1.165) is 38.6 Å². The van der Waals surface area contributed by atoms with E-state index in [1.54, 1.807) is 4.90 Å². The third-order valence-corrected chi connectivity index (χ3v) is 6.60. The molecule has 1 amide bonds. The van der Waals surface area contributed by atoms with Gasteiger partial charge in [0.2, 0.25) is 0 Å². The van der Waals surface area contributed by atoms with E-state index in [0.29, 0.717) is 6.42 Å². The average molecular weight is 452 g/mol. The minimum atomic E-state index is -0.960. The number of nitrogens with zero attached hydrogens (tertiary/aromatic N) is 1. The van der Waals surface area contributed by atoms with Gasteiger partial charge in [-0.1, -0.05) is 91.0 Å². The molecule has 1 unspecified atom stereocenters. The SMILES string of the molecule is COC(=O)N(C(CC(=O)O)Cc1cccc2ccccc12)C1c2ccccc2-c2ccccc21. The maximum Gasteiger partial charge on any atom is 0.410 e. The summed E-state index contributed by atoms with van der Waals surface area (Å²) in [6.07, 6.45) is -0.342. The molecule has 0 saturated carbocycles. The molecule has 0 saturated heterocycles. The molecule has 170 valence electrons. The topological polar surface area (TPSA) is 66.8 Å². The summed E-state index contributed by atoms with van der Waals surface area (Å²) in [6, 6.07) is 28.9. The number of ether oxygens (including phenoxy) is 1. The first-order chi connectivity index (χ1) is 16.6. The van der Waals surface area contributed by atoms with Crippen LogP contribution in [-0.2, 0) is 16.0 Å². The number of hydrogen-bond acceptors (Lipinski definition) is 3. The Morgan fingerprint density at radius 2 is 1.44 bits per heavy atom. The van der Waals surface area contributed by atoms with E-state index in [1.807, 2.05) is 91.0 Å². The van der Waals surface area contributed by atoms with Gasteiger partial charge in [0.1, 0.15) is 0 Å². The second kappa shape index (κ2) is 9.02. The lowest BCUT2D eigenvalue weighted by Crippen LogP contribution is -2.45. The summed E-state index contributed by atoms with van der Waals surface area (Å²) in [5.74, 6) is -0.960. The van der Waals surface area contributed by atoms with Crippen LogP contribution in [0.4, 0.5) is 4.79 Å². The number of carboxylic acids is 1. The second-order valence-electron chi connectivity index (χ2n) is 8.55. The fourth-order valence-electron chi connectivity index (χ4n) is 5.19. The minimum absolute atomic E-state index is 0.195. The van der Waals surface area contributed by atoms with E-state index >= 15 is 0 Å². The highest BCUT2D eigenvalue weighted by molar-refractivity contribution is 5.86. The number of benzene rings is 4. The van der Waals surface area contributed by atoms with Crippen molar-refractivity contribution in [3.05, 3.63) is 108 Å². The summed E-state index contributed by atoms with van der Waals surface area (Å²) in [6.45, 7) is 0. The van der Waals surface area contributed by atoms with Gasteiger partial charge in [-0.15, -0.1) is 0 Å². The molecule has 0 heterocycles. The van der Waals surface area contributed by atoms with Crippen molar-refractivity contribution in [2.75, 3.05) is 7.11 Å². The van der Waals surface area contributed by atoms with Crippen LogP contribution in [0.1, 0.15) is 29.2 Å². The number of hydrogen-bond donors (Lipinski definition) is 1. The van der Waals surface area contributed by atoms with Crippen LogP contribution < -0.4 is 0 Å². The van der Waals surface area contributed by atoms with Crippen molar-refractivity contribution in [3.63, 3.8) is 0 Å². The molecule has 34 heavy (non-hydrogen) atoms. The van der Waals surface area contributed by atoms with Gasteiger partial charge < -0.3 is 9.84 Å². The van der Waals surface area contributed by atoms with Gasteiger partial charge in [0.25, 0.3) is 0 Å². The van der Waals surface area contributed by atoms with Crippen molar-refractivity contribution in [3.8, 4) is 11.1 Å². The molecular formula is C29H25NO4. The Morgan fingerprint density at radius 3 is 2.09 bits per heavy atom. The Balaban J connectivity index is 1.65. The molecule has 5 rings (SSSR count). The van der Waals surface area contributed by atoms with E-state index in [2.05, 4.69) is 0 Å². The number of methoxy groups -OCH3 is 1. The molecule has 0 radical (unpaired) electrons. The number of carbonyl (C=O) groups excluding carboxylic acids is 1. The molecule has 0 spiro atoms. The maximum absolute atomic E-state index is 13.3. The number of carbonyl (C=O) groups is 2. The largest absolute Gasteiger partial charge is 0.481 e. The van der Waals surface area contributed by atoms with Gasteiger partial charge in [-0.3, -0.25) is 9.69 Å². The van der Waals surface area contributed by atoms with Crippen LogP contribution in [0.5, 0.6) is 0 Å². The van der Waals surface area contributed by atoms with Crippen LogP contribution in [0.15, 0.2) is 91.0 Å². The Kier molecular flexibility index (Phi) is 5.76. The molecule has 5 nitrogen and oxygen atoms in total. The Bertz CT molecular complexity index is 1330. The van der Waals surface area contributed by atoms with Gasteiger partial charge in [0, 0.05) is 0 Å². The zero-order chi connectivity index (χ0) is 23.7. The van der Waals surface area contributed by atoms with Gasteiger partial charge in [-0.05, 0) is 45.0 Å². The molecule has 0 bridgehead atoms. The first-order valence-corrected chi connectivity index (χ1v) is 11.3. The van der Waals surface area contributed by atoms with Crippen LogP contribution >= 0.6 is 0 Å². The molecule has 1 aliphatic rings. The number of aliphatic carboxylic acids is 1. The second-order valence-corrected chi connectivity index (χ2v) is 8.55. The number of amides is 1. The van der Waals surface area contributed by atoms with E-state index in [4.69, 9.17) is 4.74 Å². The molecule has 0 fully saturated rings. The molecule has 0 aromatic heterocycles. The third kappa shape index (κ3) is 3.79. The first-order valence-electron chi connectivity index (χ1n) is 11.3. The van der Waals surface area contributed by atoms with E-state index < -0.39 is 24.1 Å². The Hall–Kier alpha value is -4.12. The molecule has 5 heteroatoms. The fraction of sp³-hybridized carbons (Fsp3) is 0.172. The molecule has 1 N–H and O–H groups in total. The van der Waals surface area contributed by atoms with Crippen LogP contribution in [0.25, 0.3) is 21.9 Å². The molecule has 0 aliphatic heterocycles. The fourth-order valence-corrected chi connectivity index (χ4v) is 5.19. The molecular weight excluding hydrogens is 426 g/mol. The Morgan fingerprint density at radius 1 is 0.853 bits per heavy atom. The van der Waals surface area contributed by atoms with Crippen molar-refractivity contribution in [2.45, 2.75) is 24.9 Å². The van der Waals surface area contributed by atoms with Crippen molar-refractivity contribution >= 4 is 22.8 Å². The predicted octanol–water partition coefficient (Wildman–Crippen LogP) is 6.06. The maximum atomic E-state index is 13.3. The lowest BCUT2D eigenvalue weighted by Gasteiger charge is -2.36. The smallest absolute Gasteiger partial charge is 0.410 e. The zero-order valence-electron chi connectivity index (χ0n) is 18.8. The number of rotatable bonds is 6. The summed E-state index contributed by atoms with van der Waals surface area (Å²) < 4.78 is 5.24. The van der Waals surface area contributed by atoms with E-state index in [-0.39, 0.29) is 6.42 Å². The summed E-state index contributed by atoms with van der Waals surface area (Å²) >= 11 is 0. The molecule has 1 aliphatic carbocycles. The van der Waals surface area contributed by atoms with Gasteiger partial charge >= 0.3 is 12.1 Å². The van der Waals surface area contributed by atoms with Crippen molar-refractivity contribution in [1.82, 2.24) is 4.90 Å². The van der Waals surface area contributed by atoms with Gasteiger partial charge in [0.15, 0.2) is 0 Å². The zero-order valence-corrected chi connectivity index (χ0v) is 18.8. The van der Waals surface area contributed by atoms with E-state index in [1.165, 1.54) is 7.11 Å². The minimum Gasteiger partial charge on any atom is -0.481 e. The van der Waals surface area contributed by atoms with Crippen LogP contribution in [-0.4, -0.2) is 35.2 Å². The summed E-state index contributed by atoms with van der Waals surface area (Å²) in [4.78, 5) is 26.9. The lowest BCUT2D eigenvalue weighted by molar-refractivity contribution is -0.138. The average Bonchev–Trinajstić information content (AvgIpc) is 3.18. The summed E-state index contributed by atoms with van der Waals surface area (Å²) in [5, 5.41) is 12.0. The molecule has 4 aromatic carbocycles. The van der Waals surface area contributed by atoms with Crippen molar-refractivity contribution in [1.29, 1.82) is 0 Å². The Labute approximate surface area is 198 Å². The summed E-state index contributed by atoms with van der Waals surface area (Å²) in [7, 11) is 1.35. The highest BCUT2D eigenvalue weighted by atomic mass is 16.5. The van der Waals surface area contributed by atoms with Crippen LogP contribution in [0.2, 0.25) is 0 Å². The van der Waals surface area contributed by atoms with Crippen LogP contribution in [0.3, 0.4) is 0 Å². The lowest BCUT2D eigenvalue weighted by atomic mass is 9.94. The van der Waals surface area contributed by atoms with Gasteiger partial charge in [-0.25, -0.2) is 4.79 Å². The number of fused-ring (bicyclic) bond motifs is 4. The number of carboxylic acid groups (broad SMARTS) is 1. The molecule has 4 aromatic rings. The third-order valence-electron chi connectivity index (χ3n) is 6.60. The van der Waals surface area contributed by atoms with E-state index in [9.17, 15) is 14.7 Å².